The fourth-order valence-corrected chi connectivity index (χ4v) is 5.76. The number of rotatable bonds is 25. The largest absolute Gasteiger partial charge is 0.377 e. The lowest BCUT2D eigenvalue weighted by atomic mass is 10.0. The summed E-state index contributed by atoms with van der Waals surface area (Å²) < 4.78 is 18.9. The minimum atomic E-state index is -0.332. The predicted molar refractivity (Wildman–Crippen MR) is 195 cm³/mol. The minimum Gasteiger partial charge on any atom is -0.377 e. The first-order valence-electron chi connectivity index (χ1n) is 17.9. The Labute approximate surface area is 279 Å². The Bertz CT molecular complexity index is 1270. The van der Waals surface area contributed by atoms with Crippen molar-refractivity contribution < 1.29 is 13.9 Å². The molecule has 0 amide bonds. The van der Waals surface area contributed by atoms with Gasteiger partial charge in [0.2, 0.25) is 0 Å². The molecule has 0 fully saturated rings. The van der Waals surface area contributed by atoms with Gasteiger partial charge >= 0.3 is 0 Å². The second-order valence-corrected chi connectivity index (χ2v) is 12.9. The smallest absolute Gasteiger partial charge is 0.185 e. The molecule has 0 atom stereocenters. The van der Waals surface area contributed by atoms with E-state index in [0.29, 0.717) is 12.2 Å². The average Bonchev–Trinajstić information content (AvgIpc) is 3.07. The van der Waals surface area contributed by atoms with E-state index < -0.39 is 0 Å². The van der Waals surface area contributed by atoms with Crippen LogP contribution in [0.15, 0.2) is 85.5 Å². The summed E-state index contributed by atoms with van der Waals surface area (Å²) in [5, 5.41) is 0. The zero-order valence-corrected chi connectivity index (χ0v) is 28.4. The van der Waals surface area contributed by atoms with E-state index in [1.807, 2.05) is 13.0 Å². The van der Waals surface area contributed by atoms with Crippen molar-refractivity contribution in [3.8, 4) is 0 Å². The molecule has 0 aliphatic carbocycles. The van der Waals surface area contributed by atoms with Gasteiger partial charge in [0.1, 0.15) is 5.82 Å². The number of carbonyl (C=O) groups is 1. The first-order valence-corrected chi connectivity index (χ1v) is 17.9. The van der Waals surface area contributed by atoms with Crippen molar-refractivity contribution in [3.63, 3.8) is 0 Å². The van der Waals surface area contributed by atoms with Crippen LogP contribution in [0.5, 0.6) is 0 Å². The van der Waals surface area contributed by atoms with Crippen LogP contribution in [0.1, 0.15) is 142 Å². The molecule has 3 aromatic rings. The fourth-order valence-electron chi connectivity index (χ4n) is 5.76. The Morgan fingerprint density at radius 3 is 1.59 bits per heavy atom. The Balaban J connectivity index is 1.04. The lowest BCUT2D eigenvalue weighted by Crippen LogP contribution is -1.96. The number of aryl methyl sites for hydroxylation is 1. The van der Waals surface area contributed by atoms with E-state index in [-0.39, 0.29) is 11.6 Å². The van der Waals surface area contributed by atoms with Gasteiger partial charge in [-0.3, -0.25) is 4.79 Å². The van der Waals surface area contributed by atoms with Gasteiger partial charge in [0, 0.05) is 12.2 Å². The lowest BCUT2D eigenvalue weighted by molar-refractivity contribution is 0.104. The first kappa shape index (κ1) is 37.2. The molecule has 0 saturated heterocycles. The third kappa shape index (κ3) is 16.3. The number of benzene rings is 3. The van der Waals surface area contributed by atoms with Crippen molar-refractivity contribution in [1.29, 1.82) is 0 Å². The number of ketones is 1. The van der Waals surface area contributed by atoms with Gasteiger partial charge in [0.15, 0.2) is 5.78 Å². The molecule has 0 heterocycles. The summed E-state index contributed by atoms with van der Waals surface area (Å²) in [4.78, 5) is 12.2. The summed E-state index contributed by atoms with van der Waals surface area (Å²) in [6, 6.07) is 22.6. The summed E-state index contributed by atoms with van der Waals surface area (Å²) in [6.07, 6.45) is 26.0. The topological polar surface area (TPSA) is 26.3 Å². The molecule has 3 rings (SSSR count). The number of ether oxygens (including phenoxy) is 1. The maximum atomic E-state index is 13.0. The van der Waals surface area contributed by atoms with Crippen molar-refractivity contribution in [2.75, 3.05) is 6.61 Å². The molecule has 0 N–H and O–H groups in total. The fraction of sp³-hybridized carbons (Fsp3) is 0.465. The van der Waals surface area contributed by atoms with Crippen molar-refractivity contribution in [3.05, 3.63) is 119 Å². The highest BCUT2D eigenvalue weighted by molar-refractivity contribution is 6.06. The average molecular weight is 625 g/mol. The number of allylic oxidation sites excluding steroid dienone is 2. The molecule has 248 valence electrons. The van der Waals surface area contributed by atoms with Crippen molar-refractivity contribution in [2.24, 2.45) is 0 Å². The van der Waals surface area contributed by atoms with Crippen LogP contribution < -0.4 is 0 Å². The summed E-state index contributed by atoms with van der Waals surface area (Å²) in [6.45, 7) is 7.60. The molecule has 0 aromatic heterocycles. The van der Waals surface area contributed by atoms with E-state index in [1.54, 1.807) is 6.08 Å². The quantitative estimate of drug-likeness (QED) is 0.0532. The molecule has 3 heteroatoms. The molecule has 3 aromatic carbocycles. The molecule has 0 aliphatic rings. The monoisotopic (exact) mass is 624 g/mol. The summed E-state index contributed by atoms with van der Waals surface area (Å²) in [5.41, 5.74) is 6.40. The third-order valence-electron chi connectivity index (χ3n) is 8.76. The zero-order chi connectivity index (χ0) is 32.7. The molecular formula is C43H57FO2. The number of unbranched alkanes of at least 4 members (excludes halogenated alkanes) is 15. The molecular weight excluding hydrogens is 567 g/mol. The second kappa shape index (κ2) is 23.1. The van der Waals surface area contributed by atoms with E-state index in [9.17, 15) is 9.18 Å². The van der Waals surface area contributed by atoms with Crippen LogP contribution in [0.25, 0.3) is 11.6 Å². The number of halogens is 1. The number of hydrogen-bond donors (Lipinski definition) is 0. The Kier molecular flexibility index (Phi) is 18.6. The summed E-state index contributed by atoms with van der Waals surface area (Å²) in [5.74, 6) is -0.446. The predicted octanol–water partition coefficient (Wildman–Crippen LogP) is 12.8. The summed E-state index contributed by atoms with van der Waals surface area (Å²) >= 11 is 0. The van der Waals surface area contributed by atoms with Gasteiger partial charge in [-0.15, -0.1) is 0 Å². The van der Waals surface area contributed by atoms with Gasteiger partial charge in [-0.2, -0.15) is 0 Å². The molecule has 0 saturated carbocycles. The van der Waals surface area contributed by atoms with Crippen LogP contribution in [-0.2, 0) is 17.8 Å². The van der Waals surface area contributed by atoms with E-state index in [1.165, 1.54) is 144 Å². The first-order chi connectivity index (χ1) is 22.5. The highest BCUT2D eigenvalue weighted by Crippen LogP contribution is 2.16. The summed E-state index contributed by atoms with van der Waals surface area (Å²) in [7, 11) is 0. The number of hydrogen-bond acceptors (Lipinski definition) is 2. The van der Waals surface area contributed by atoms with Crippen LogP contribution in [0.3, 0.4) is 0 Å². The molecule has 0 aliphatic heterocycles. The van der Waals surface area contributed by atoms with Gasteiger partial charge < -0.3 is 4.74 Å². The lowest BCUT2D eigenvalue weighted by Gasteiger charge is -2.06. The van der Waals surface area contributed by atoms with Crippen LogP contribution in [0.4, 0.5) is 4.39 Å². The minimum absolute atomic E-state index is 0.114. The van der Waals surface area contributed by atoms with E-state index >= 15 is 0 Å². The van der Waals surface area contributed by atoms with E-state index in [0.717, 1.165) is 24.2 Å². The normalized spacial score (nSPS) is 11.3. The van der Waals surface area contributed by atoms with E-state index in [4.69, 9.17) is 4.74 Å². The highest BCUT2D eigenvalue weighted by Gasteiger charge is 2.02. The van der Waals surface area contributed by atoms with Crippen LogP contribution in [-0.4, -0.2) is 12.4 Å². The molecule has 0 bridgehead atoms. The van der Waals surface area contributed by atoms with Gasteiger partial charge in [0.05, 0.1) is 6.61 Å². The Morgan fingerprint density at radius 1 is 0.609 bits per heavy atom. The van der Waals surface area contributed by atoms with Gasteiger partial charge in [-0.25, -0.2) is 4.39 Å². The van der Waals surface area contributed by atoms with E-state index in [2.05, 4.69) is 55.1 Å². The van der Waals surface area contributed by atoms with Crippen LogP contribution in [0, 0.1) is 5.82 Å². The molecule has 46 heavy (non-hydrogen) atoms. The molecule has 2 nitrogen and oxygen atoms in total. The number of carbonyl (C=O) groups excluding carboxylic acids is 1. The Morgan fingerprint density at radius 2 is 1.07 bits per heavy atom. The Hall–Kier alpha value is -3.30. The van der Waals surface area contributed by atoms with Crippen molar-refractivity contribution in [2.45, 2.75) is 123 Å². The van der Waals surface area contributed by atoms with Crippen LogP contribution >= 0.6 is 0 Å². The van der Waals surface area contributed by atoms with Gasteiger partial charge in [0.25, 0.3) is 0 Å². The van der Waals surface area contributed by atoms with Gasteiger partial charge in [-0.05, 0) is 78.8 Å². The molecule has 0 spiro atoms. The standard InChI is InChI=1S/C43H57FO2/c1-36(2)40-27-24-39(25-28-40)35-46-34-18-16-14-12-10-8-6-4-3-5-7-9-11-13-15-17-19-37-20-22-38(23-21-37)26-33-43(45)41-29-31-42(44)32-30-41/h20-33H,1,3-19,34-35H2,2H3. The maximum absolute atomic E-state index is 13.0. The maximum Gasteiger partial charge on any atom is 0.185 e. The van der Waals surface area contributed by atoms with Crippen LogP contribution in [0.2, 0.25) is 0 Å². The SMILES string of the molecule is C=C(C)c1ccc(COCCCCCCCCCCCCCCCCCCc2ccc(C=CC(=O)c3ccc(F)cc3)cc2)cc1. The second-order valence-electron chi connectivity index (χ2n) is 12.9. The van der Waals surface area contributed by atoms with Gasteiger partial charge in [-0.1, -0.05) is 157 Å². The zero-order valence-electron chi connectivity index (χ0n) is 28.4. The van der Waals surface area contributed by atoms with Crippen molar-refractivity contribution in [1.82, 2.24) is 0 Å². The van der Waals surface area contributed by atoms with Crippen molar-refractivity contribution >= 4 is 17.4 Å². The molecule has 0 unspecified atom stereocenters. The highest BCUT2D eigenvalue weighted by atomic mass is 19.1. The third-order valence-corrected chi connectivity index (χ3v) is 8.76. The molecule has 0 radical (unpaired) electrons.